The molecule has 84 valence electrons. The average Bonchev–Trinajstić information content (AvgIpc) is 2.21. The summed E-state index contributed by atoms with van der Waals surface area (Å²) in [6, 6.07) is 4.59. The molecular weight excluding hydrogens is 186 g/mol. The van der Waals surface area contributed by atoms with Gasteiger partial charge >= 0.3 is 0 Å². The third-order valence-corrected chi connectivity index (χ3v) is 2.85. The first-order valence-electron chi connectivity index (χ1n) is 5.46. The summed E-state index contributed by atoms with van der Waals surface area (Å²) in [4.78, 5) is 6.68. The zero-order valence-electron chi connectivity index (χ0n) is 9.90. The average molecular weight is 207 g/mol. The van der Waals surface area contributed by atoms with Crippen LogP contribution in [0.15, 0.2) is 18.3 Å². The van der Waals surface area contributed by atoms with E-state index in [0.29, 0.717) is 6.04 Å². The SMILES string of the molecule is Cc1cccnc1CN(C)C(C)CCN. The molecular formula is C12H21N3. The molecule has 1 rings (SSSR count). The van der Waals surface area contributed by atoms with E-state index < -0.39 is 0 Å². The first-order valence-corrected chi connectivity index (χ1v) is 5.46. The van der Waals surface area contributed by atoms with Crippen molar-refractivity contribution in [2.45, 2.75) is 32.9 Å². The quantitative estimate of drug-likeness (QED) is 0.796. The maximum atomic E-state index is 5.55. The first kappa shape index (κ1) is 12.1. The summed E-state index contributed by atoms with van der Waals surface area (Å²) in [5.41, 5.74) is 7.96. The van der Waals surface area contributed by atoms with Gasteiger partial charge in [0.05, 0.1) is 5.69 Å². The Balaban J connectivity index is 2.58. The molecule has 0 aliphatic carbocycles. The van der Waals surface area contributed by atoms with Gasteiger partial charge in [-0.25, -0.2) is 0 Å². The van der Waals surface area contributed by atoms with Gasteiger partial charge in [0.25, 0.3) is 0 Å². The lowest BCUT2D eigenvalue weighted by Gasteiger charge is -2.24. The molecule has 0 amide bonds. The molecule has 1 atom stereocenters. The summed E-state index contributed by atoms with van der Waals surface area (Å²) in [6.07, 6.45) is 2.88. The number of pyridine rings is 1. The summed E-state index contributed by atoms with van der Waals surface area (Å²) in [6.45, 7) is 5.94. The van der Waals surface area contributed by atoms with Crippen LogP contribution in [0.2, 0.25) is 0 Å². The Hall–Kier alpha value is -0.930. The number of nitrogens with two attached hydrogens (primary N) is 1. The van der Waals surface area contributed by atoms with E-state index in [1.165, 1.54) is 5.56 Å². The molecule has 1 unspecified atom stereocenters. The summed E-state index contributed by atoms with van der Waals surface area (Å²) < 4.78 is 0. The number of hydrogen-bond donors (Lipinski definition) is 1. The molecule has 0 radical (unpaired) electrons. The highest BCUT2D eigenvalue weighted by molar-refractivity contribution is 5.17. The van der Waals surface area contributed by atoms with Crippen LogP contribution in [-0.4, -0.2) is 29.5 Å². The van der Waals surface area contributed by atoms with Crippen LogP contribution in [0.4, 0.5) is 0 Å². The Kier molecular flexibility index (Phi) is 4.72. The number of aromatic nitrogens is 1. The molecule has 0 spiro atoms. The van der Waals surface area contributed by atoms with Crippen LogP contribution in [-0.2, 0) is 6.54 Å². The maximum absolute atomic E-state index is 5.55. The molecule has 1 heterocycles. The van der Waals surface area contributed by atoms with Crippen molar-refractivity contribution in [3.05, 3.63) is 29.6 Å². The summed E-state index contributed by atoms with van der Waals surface area (Å²) in [7, 11) is 2.12. The van der Waals surface area contributed by atoms with Crippen molar-refractivity contribution >= 4 is 0 Å². The number of hydrogen-bond acceptors (Lipinski definition) is 3. The van der Waals surface area contributed by atoms with E-state index in [1.54, 1.807) is 0 Å². The molecule has 0 saturated heterocycles. The fourth-order valence-electron chi connectivity index (χ4n) is 1.54. The third-order valence-electron chi connectivity index (χ3n) is 2.85. The van der Waals surface area contributed by atoms with Crippen molar-refractivity contribution in [2.75, 3.05) is 13.6 Å². The minimum atomic E-state index is 0.511. The molecule has 1 aromatic heterocycles. The van der Waals surface area contributed by atoms with Crippen LogP contribution in [0.25, 0.3) is 0 Å². The number of rotatable bonds is 5. The van der Waals surface area contributed by atoms with E-state index in [9.17, 15) is 0 Å². The van der Waals surface area contributed by atoms with Crippen LogP contribution in [0.1, 0.15) is 24.6 Å². The second-order valence-electron chi connectivity index (χ2n) is 4.11. The lowest BCUT2D eigenvalue weighted by atomic mass is 10.1. The number of nitrogens with zero attached hydrogens (tertiary/aromatic N) is 2. The highest BCUT2D eigenvalue weighted by Crippen LogP contribution is 2.09. The van der Waals surface area contributed by atoms with Gasteiger partial charge in [-0.05, 0) is 45.5 Å². The fourth-order valence-corrected chi connectivity index (χ4v) is 1.54. The molecule has 0 fully saturated rings. The van der Waals surface area contributed by atoms with Gasteiger partial charge in [0.1, 0.15) is 0 Å². The van der Waals surface area contributed by atoms with Gasteiger partial charge in [0, 0.05) is 18.8 Å². The van der Waals surface area contributed by atoms with E-state index in [2.05, 4.69) is 36.8 Å². The second kappa shape index (κ2) is 5.83. The summed E-state index contributed by atoms with van der Waals surface area (Å²) in [5.74, 6) is 0. The molecule has 0 aliphatic rings. The van der Waals surface area contributed by atoms with E-state index in [-0.39, 0.29) is 0 Å². The van der Waals surface area contributed by atoms with Gasteiger partial charge in [-0.15, -0.1) is 0 Å². The normalized spacial score (nSPS) is 13.1. The lowest BCUT2D eigenvalue weighted by Crippen LogP contribution is -2.31. The van der Waals surface area contributed by atoms with Crippen LogP contribution in [0, 0.1) is 6.92 Å². The van der Waals surface area contributed by atoms with Crippen molar-refractivity contribution < 1.29 is 0 Å². The topological polar surface area (TPSA) is 42.2 Å². The highest BCUT2D eigenvalue weighted by Gasteiger charge is 2.10. The zero-order valence-corrected chi connectivity index (χ0v) is 9.90. The Morgan fingerprint density at radius 2 is 2.27 bits per heavy atom. The summed E-state index contributed by atoms with van der Waals surface area (Å²) >= 11 is 0. The molecule has 15 heavy (non-hydrogen) atoms. The van der Waals surface area contributed by atoms with Crippen molar-refractivity contribution in [1.82, 2.24) is 9.88 Å². The monoisotopic (exact) mass is 207 g/mol. The Morgan fingerprint density at radius 1 is 1.53 bits per heavy atom. The zero-order chi connectivity index (χ0) is 11.3. The van der Waals surface area contributed by atoms with Crippen LogP contribution >= 0.6 is 0 Å². The molecule has 0 bridgehead atoms. The van der Waals surface area contributed by atoms with Crippen LogP contribution in [0.5, 0.6) is 0 Å². The van der Waals surface area contributed by atoms with Crippen LogP contribution < -0.4 is 5.73 Å². The minimum Gasteiger partial charge on any atom is -0.330 e. The van der Waals surface area contributed by atoms with Gasteiger partial charge in [-0.3, -0.25) is 9.88 Å². The Labute approximate surface area is 92.3 Å². The minimum absolute atomic E-state index is 0.511. The Morgan fingerprint density at radius 3 is 2.87 bits per heavy atom. The van der Waals surface area contributed by atoms with Crippen molar-refractivity contribution in [2.24, 2.45) is 5.73 Å². The van der Waals surface area contributed by atoms with Gasteiger partial charge in [-0.2, -0.15) is 0 Å². The molecule has 0 aromatic carbocycles. The van der Waals surface area contributed by atoms with Gasteiger partial charge in [0.15, 0.2) is 0 Å². The van der Waals surface area contributed by atoms with E-state index in [0.717, 1.165) is 25.2 Å². The number of aryl methyl sites for hydroxylation is 1. The summed E-state index contributed by atoms with van der Waals surface area (Å²) in [5, 5.41) is 0. The van der Waals surface area contributed by atoms with Crippen molar-refractivity contribution in [1.29, 1.82) is 0 Å². The smallest absolute Gasteiger partial charge is 0.0573 e. The van der Waals surface area contributed by atoms with Gasteiger partial charge in [0.2, 0.25) is 0 Å². The first-order chi connectivity index (χ1) is 7.15. The van der Waals surface area contributed by atoms with E-state index >= 15 is 0 Å². The van der Waals surface area contributed by atoms with Gasteiger partial charge < -0.3 is 5.73 Å². The molecule has 1 aromatic rings. The van der Waals surface area contributed by atoms with E-state index in [4.69, 9.17) is 5.73 Å². The molecule has 0 saturated carbocycles. The molecule has 0 aliphatic heterocycles. The second-order valence-corrected chi connectivity index (χ2v) is 4.11. The van der Waals surface area contributed by atoms with Crippen molar-refractivity contribution in [3.8, 4) is 0 Å². The van der Waals surface area contributed by atoms with Crippen LogP contribution in [0.3, 0.4) is 0 Å². The van der Waals surface area contributed by atoms with Crippen molar-refractivity contribution in [3.63, 3.8) is 0 Å². The molecule has 2 N–H and O–H groups in total. The lowest BCUT2D eigenvalue weighted by molar-refractivity contribution is 0.237. The predicted octanol–water partition coefficient (Wildman–Crippen LogP) is 1.56. The Bertz CT molecular complexity index is 299. The van der Waals surface area contributed by atoms with E-state index in [1.807, 2.05) is 12.3 Å². The standard InChI is InChI=1S/C12H21N3/c1-10-5-4-8-14-12(10)9-15(3)11(2)6-7-13/h4-5,8,11H,6-7,9,13H2,1-3H3. The maximum Gasteiger partial charge on any atom is 0.0573 e. The predicted molar refractivity (Wildman–Crippen MR) is 63.6 cm³/mol. The highest BCUT2D eigenvalue weighted by atomic mass is 15.1. The van der Waals surface area contributed by atoms with Gasteiger partial charge in [-0.1, -0.05) is 6.07 Å². The third kappa shape index (κ3) is 3.61. The largest absolute Gasteiger partial charge is 0.330 e. The molecule has 3 nitrogen and oxygen atoms in total. The fraction of sp³-hybridized carbons (Fsp3) is 0.583. The molecule has 3 heteroatoms.